The molecule has 0 radical (unpaired) electrons. The Morgan fingerprint density at radius 2 is 2.06 bits per heavy atom. The maximum atomic E-state index is 11.4. The second kappa shape index (κ2) is 4.26. The van der Waals surface area contributed by atoms with Crippen LogP contribution in [-0.4, -0.2) is 27.8 Å². The number of anilines is 1. The van der Waals surface area contributed by atoms with Gasteiger partial charge in [0, 0.05) is 6.20 Å². The summed E-state index contributed by atoms with van der Waals surface area (Å²) in [6.45, 7) is 5.17. The van der Waals surface area contributed by atoms with E-state index < -0.39 is 17.7 Å². The minimum atomic E-state index is -1.14. The van der Waals surface area contributed by atoms with E-state index in [2.05, 4.69) is 10.3 Å². The van der Waals surface area contributed by atoms with Crippen molar-refractivity contribution >= 4 is 17.7 Å². The minimum Gasteiger partial charge on any atom is -0.477 e. The standard InChI is InChI=1S/C10H14N2O4/c1-10(2,3)16-9(15)12-6-4-5-11-7(6)8(13)14/h4-5,11H,1-3H3,(H,12,15)(H,13,14). The molecule has 0 aromatic carbocycles. The molecule has 0 aliphatic rings. The van der Waals surface area contributed by atoms with Crippen LogP contribution in [0.15, 0.2) is 12.3 Å². The van der Waals surface area contributed by atoms with E-state index in [4.69, 9.17) is 9.84 Å². The van der Waals surface area contributed by atoms with Crippen LogP contribution in [0.1, 0.15) is 31.3 Å². The van der Waals surface area contributed by atoms with Gasteiger partial charge in [-0.25, -0.2) is 9.59 Å². The van der Waals surface area contributed by atoms with E-state index in [1.807, 2.05) is 0 Å². The van der Waals surface area contributed by atoms with Crippen LogP contribution >= 0.6 is 0 Å². The number of aromatic amines is 1. The summed E-state index contributed by atoms with van der Waals surface area (Å²) < 4.78 is 4.99. The number of aromatic carboxylic acids is 1. The molecule has 1 aromatic rings. The maximum absolute atomic E-state index is 11.4. The molecular weight excluding hydrogens is 212 g/mol. The molecule has 1 rings (SSSR count). The van der Waals surface area contributed by atoms with E-state index >= 15 is 0 Å². The molecule has 1 aromatic heterocycles. The summed E-state index contributed by atoms with van der Waals surface area (Å²) in [6.07, 6.45) is 0.741. The van der Waals surface area contributed by atoms with Crippen molar-refractivity contribution in [2.75, 3.05) is 5.32 Å². The van der Waals surface area contributed by atoms with Gasteiger partial charge in [0.05, 0.1) is 5.69 Å². The largest absolute Gasteiger partial charge is 0.477 e. The molecule has 0 atom stereocenters. The second-order valence-electron chi connectivity index (χ2n) is 4.20. The van der Waals surface area contributed by atoms with Crippen LogP contribution < -0.4 is 5.32 Å². The van der Waals surface area contributed by atoms with Gasteiger partial charge in [-0.1, -0.05) is 0 Å². The van der Waals surface area contributed by atoms with Crippen molar-refractivity contribution in [3.63, 3.8) is 0 Å². The van der Waals surface area contributed by atoms with Gasteiger partial charge < -0.3 is 14.8 Å². The average molecular weight is 226 g/mol. The monoisotopic (exact) mass is 226 g/mol. The first kappa shape index (κ1) is 12.1. The Balaban J connectivity index is 2.70. The summed E-state index contributed by atoms with van der Waals surface area (Å²) in [5.74, 6) is -1.14. The quantitative estimate of drug-likeness (QED) is 0.719. The molecule has 0 spiro atoms. The van der Waals surface area contributed by atoms with Gasteiger partial charge in [0.25, 0.3) is 0 Å². The van der Waals surface area contributed by atoms with Crippen LogP contribution in [0.2, 0.25) is 0 Å². The van der Waals surface area contributed by atoms with Gasteiger partial charge in [0.15, 0.2) is 0 Å². The van der Waals surface area contributed by atoms with Gasteiger partial charge in [-0.05, 0) is 26.8 Å². The molecule has 6 heteroatoms. The lowest BCUT2D eigenvalue weighted by molar-refractivity contribution is 0.0636. The molecule has 0 aliphatic carbocycles. The molecule has 16 heavy (non-hydrogen) atoms. The van der Waals surface area contributed by atoms with Crippen molar-refractivity contribution in [2.45, 2.75) is 26.4 Å². The molecule has 0 aliphatic heterocycles. The van der Waals surface area contributed by atoms with Crippen molar-refractivity contribution in [3.8, 4) is 0 Å². The molecule has 0 fully saturated rings. The number of nitrogens with one attached hydrogen (secondary N) is 2. The predicted molar refractivity (Wildman–Crippen MR) is 57.6 cm³/mol. The van der Waals surface area contributed by atoms with E-state index in [-0.39, 0.29) is 11.4 Å². The molecule has 3 N–H and O–H groups in total. The summed E-state index contributed by atoms with van der Waals surface area (Å²) in [4.78, 5) is 24.6. The van der Waals surface area contributed by atoms with Crippen LogP contribution in [-0.2, 0) is 4.74 Å². The molecular formula is C10H14N2O4. The summed E-state index contributed by atoms with van der Waals surface area (Å²) in [7, 11) is 0. The highest BCUT2D eigenvalue weighted by Crippen LogP contribution is 2.15. The van der Waals surface area contributed by atoms with Gasteiger partial charge in [-0.2, -0.15) is 0 Å². The van der Waals surface area contributed by atoms with E-state index in [0.717, 1.165) is 0 Å². The predicted octanol–water partition coefficient (Wildman–Crippen LogP) is 2.06. The number of amides is 1. The SMILES string of the molecule is CC(C)(C)OC(=O)Nc1cc[nH]c1C(=O)O. The number of carboxylic acids is 1. The first-order chi connectivity index (χ1) is 7.29. The molecule has 1 amide bonds. The fourth-order valence-corrected chi connectivity index (χ4v) is 1.06. The van der Waals surface area contributed by atoms with Gasteiger partial charge in [0.1, 0.15) is 11.3 Å². The zero-order valence-electron chi connectivity index (χ0n) is 9.33. The highest BCUT2D eigenvalue weighted by atomic mass is 16.6. The van der Waals surface area contributed by atoms with Crippen molar-refractivity contribution in [1.82, 2.24) is 4.98 Å². The van der Waals surface area contributed by atoms with Crippen molar-refractivity contribution < 1.29 is 19.4 Å². The number of hydrogen-bond donors (Lipinski definition) is 3. The zero-order valence-corrected chi connectivity index (χ0v) is 9.33. The minimum absolute atomic E-state index is 0.0779. The van der Waals surface area contributed by atoms with Crippen LogP contribution in [0.5, 0.6) is 0 Å². The third kappa shape index (κ3) is 3.30. The number of carbonyl (C=O) groups excluding carboxylic acids is 1. The van der Waals surface area contributed by atoms with Gasteiger partial charge in [-0.15, -0.1) is 0 Å². The van der Waals surface area contributed by atoms with Gasteiger partial charge >= 0.3 is 12.1 Å². The van der Waals surface area contributed by atoms with Gasteiger partial charge in [-0.3, -0.25) is 5.32 Å². The lowest BCUT2D eigenvalue weighted by Gasteiger charge is -2.19. The van der Waals surface area contributed by atoms with Gasteiger partial charge in [0.2, 0.25) is 0 Å². The van der Waals surface area contributed by atoms with E-state index in [9.17, 15) is 9.59 Å². The Morgan fingerprint density at radius 1 is 1.44 bits per heavy atom. The van der Waals surface area contributed by atoms with Crippen molar-refractivity contribution in [1.29, 1.82) is 0 Å². The maximum Gasteiger partial charge on any atom is 0.412 e. The summed E-state index contributed by atoms with van der Waals surface area (Å²) in [6, 6.07) is 1.45. The van der Waals surface area contributed by atoms with Crippen LogP contribution in [0.4, 0.5) is 10.5 Å². The van der Waals surface area contributed by atoms with Crippen LogP contribution in [0.25, 0.3) is 0 Å². The number of aromatic nitrogens is 1. The van der Waals surface area contributed by atoms with E-state index in [1.165, 1.54) is 12.3 Å². The number of carboxylic acid groups (broad SMARTS) is 1. The molecule has 0 saturated carbocycles. The van der Waals surface area contributed by atoms with Crippen molar-refractivity contribution in [3.05, 3.63) is 18.0 Å². The topological polar surface area (TPSA) is 91.4 Å². The normalized spacial score (nSPS) is 10.9. The van der Waals surface area contributed by atoms with Crippen molar-refractivity contribution in [2.24, 2.45) is 0 Å². The Morgan fingerprint density at radius 3 is 2.56 bits per heavy atom. The first-order valence-electron chi connectivity index (χ1n) is 4.70. The highest BCUT2D eigenvalue weighted by molar-refractivity contribution is 5.97. The lowest BCUT2D eigenvalue weighted by atomic mass is 10.2. The smallest absolute Gasteiger partial charge is 0.412 e. The van der Waals surface area contributed by atoms with Crippen LogP contribution in [0, 0.1) is 0 Å². The van der Waals surface area contributed by atoms with E-state index in [1.54, 1.807) is 20.8 Å². The third-order valence-electron chi connectivity index (χ3n) is 1.60. The zero-order chi connectivity index (χ0) is 12.3. The first-order valence-corrected chi connectivity index (χ1v) is 4.70. The number of carbonyl (C=O) groups is 2. The fourth-order valence-electron chi connectivity index (χ4n) is 1.06. The second-order valence-corrected chi connectivity index (χ2v) is 4.20. The highest BCUT2D eigenvalue weighted by Gasteiger charge is 2.19. The number of ether oxygens (including phenoxy) is 1. The molecule has 0 unspecified atom stereocenters. The lowest BCUT2D eigenvalue weighted by Crippen LogP contribution is -2.27. The molecule has 0 saturated heterocycles. The average Bonchev–Trinajstić information content (AvgIpc) is 2.47. The third-order valence-corrected chi connectivity index (χ3v) is 1.60. The summed E-state index contributed by atoms with van der Waals surface area (Å²) >= 11 is 0. The molecule has 88 valence electrons. The molecule has 6 nitrogen and oxygen atoms in total. The number of hydrogen-bond acceptors (Lipinski definition) is 3. The Hall–Kier alpha value is -1.98. The molecule has 1 heterocycles. The van der Waals surface area contributed by atoms with E-state index in [0.29, 0.717) is 0 Å². The Kier molecular flexibility index (Phi) is 3.22. The Labute approximate surface area is 92.6 Å². The Bertz CT molecular complexity index is 403. The summed E-state index contributed by atoms with van der Waals surface area (Å²) in [5, 5.41) is 11.1. The number of H-pyrrole nitrogens is 1. The number of rotatable bonds is 2. The van der Waals surface area contributed by atoms with Crippen LogP contribution in [0.3, 0.4) is 0 Å². The fraction of sp³-hybridized carbons (Fsp3) is 0.400. The summed E-state index contributed by atoms with van der Waals surface area (Å²) in [5.41, 5.74) is -0.517. The molecule has 0 bridgehead atoms.